The summed E-state index contributed by atoms with van der Waals surface area (Å²) >= 11 is 1.34. The van der Waals surface area contributed by atoms with Crippen LogP contribution in [-0.4, -0.2) is 45.2 Å². The van der Waals surface area contributed by atoms with Gasteiger partial charge in [0.15, 0.2) is 6.04 Å². The lowest BCUT2D eigenvalue weighted by Gasteiger charge is -2.26. The van der Waals surface area contributed by atoms with Crippen LogP contribution < -0.4 is 0 Å². The molecule has 2 aliphatic heterocycles. The molecule has 7 nitrogen and oxygen atoms in total. The van der Waals surface area contributed by atoms with Crippen LogP contribution in [0.2, 0.25) is 0 Å². The summed E-state index contributed by atoms with van der Waals surface area (Å²) in [7, 11) is 0. The van der Waals surface area contributed by atoms with Crippen LogP contribution in [0, 0.1) is 0 Å². The number of hydrogen-bond donors (Lipinski definition) is 1. The van der Waals surface area contributed by atoms with E-state index < -0.39 is 18.0 Å². The number of hydrogen-bond acceptors (Lipinski definition) is 5. The lowest BCUT2D eigenvalue weighted by atomic mass is 10.0. The zero-order valence-electron chi connectivity index (χ0n) is 9.85. The van der Waals surface area contributed by atoms with Gasteiger partial charge in [-0.2, -0.15) is 5.06 Å². The average Bonchev–Trinajstić information content (AvgIpc) is 2.94. The van der Waals surface area contributed by atoms with E-state index in [1.165, 1.54) is 27.4 Å². The molecule has 1 unspecified atom stereocenters. The first-order valence-corrected chi connectivity index (χ1v) is 6.52. The Labute approximate surface area is 112 Å². The second-order valence-corrected chi connectivity index (χ2v) is 5.09. The monoisotopic (exact) mass is 281 g/mol. The molecule has 0 saturated carbocycles. The van der Waals surface area contributed by atoms with E-state index >= 15 is 0 Å². The number of carbonyl (C=O) groups excluding carboxylic acids is 1. The van der Waals surface area contributed by atoms with E-state index in [1.54, 1.807) is 5.51 Å². The van der Waals surface area contributed by atoms with E-state index in [0.717, 1.165) is 4.88 Å². The summed E-state index contributed by atoms with van der Waals surface area (Å²) in [5.74, 6) is -1.08. The fourth-order valence-corrected chi connectivity index (χ4v) is 3.29. The maximum Gasteiger partial charge on any atom is 0.345 e. The fourth-order valence-electron chi connectivity index (χ4n) is 2.40. The Balaban J connectivity index is 2.02. The summed E-state index contributed by atoms with van der Waals surface area (Å²) in [6, 6.07) is -1.75. The van der Waals surface area contributed by atoms with Gasteiger partial charge in [-0.1, -0.05) is 6.08 Å². The third kappa shape index (κ3) is 1.64. The molecule has 1 aromatic rings. The Morgan fingerprint density at radius 1 is 1.74 bits per heavy atom. The van der Waals surface area contributed by atoms with Crippen LogP contribution in [0.5, 0.6) is 0 Å². The SMILES string of the molecule is C=CCON1C(=O)N2CC1c1scnc1[C@H]2C(=O)O. The van der Waals surface area contributed by atoms with Gasteiger partial charge in [0.25, 0.3) is 0 Å². The predicted molar refractivity (Wildman–Crippen MR) is 65.3 cm³/mol. The number of carboxylic acids is 1. The lowest BCUT2D eigenvalue weighted by molar-refractivity contribution is -0.142. The molecule has 2 atom stereocenters. The standard InChI is InChI=1S/C11H11N3O4S/c1-2-3-18-14-6-4-13(11(14)17)8(10(15)16)7-9(6)19-5-12-7/h2,5-6,8H,1,3-4H2,(H,15,16)/t6?,8-/m0/s1. The van der Waals surface area contributed by atoms with E-state index in [2.05, 4.69) is 11.6 Å². The topological polar surface area (TPSA) is 83.0 Å². The normalized spacial score (nSPS) is 24.5. The van der Waals surface area contributed by atoms with Crippen LogP contribution in [0.25, 0.3) is 0 Å². The number of nitrogens with zero attached hydrogens (tertiary/aromatic N) is 3. The van der Waals surface area contributed by atoms with Gasteiger partial charge in [0, 0.05) is 0 Å². The molecular formula is C11H11N3O4S. The molecule has 3 rings (SSSR count). The molecule has 2 amide bonds. The highest BCUT2D eigenvalue weighted by Crippen LogP contribution is 2.45. The third-order valence-electron chi connectivity index (χ3n) is 3.15. The van der Waals surface area contributed by atoms with Crippen molar-refractivity contribution >= 4 is 23.3 Å². The molecule has 2 bridgehead atoms. The number of hydroxylamine groups is 2. The second-order valence-electron chi connectivity index (χ2n) is 4.20. The minimum Gasteiger partial charge on any atom is -0.479 e. The van der Waals surface area contributed by atoms with Crippen molar-refractivity contribution in [3.63, 3.8) is 0 Å². The highest BCUT2D eigenvalue weighted by atomic mass is 32.1. The van der Waals surface area contributed by atoms with E-state index in [-0.39, 0.29) is 12.6 Å². The number of aliphatic carboxylic acids is 1. The van der Waals surface area contributed by atoms with Gasteiger partial charge in [-0.3, -0.25) is 4.84 Å². The van der Waals surface area contributed by atoms with Crippen LogP contribution in [0.3, 0.4) is 0 Å². The highest BCUT2D eigenvalue weighted by molar-refractivity contribution is 7.09. The van der Waals surface area contributed by atoms with Crippen LogP contribution >= 0.6 is 11.3 Å². The number of carboxylic acid groups (broad SMARTS) is 1. The van der Waals surface area contributed by atoms with Crippen LogP contribution in [-0.2, 0) is 9.63 Å². The molecule has 0 aliphatic carbocycles. The van der Waals surface area contributed by atoms with E-state index in [1.807, 2.05) is 0 Å². The van der Waals surface area contributed by atoms with Gasteiger partial charge in [0.2, 0.25) is 0 Å². The van der Waals surface area contributed by atoms with Crippen molar-refractivity contribution in [1.82, 2.24) is 14.9 Å². The minimum absolute atomic E-state index is 0.196. The number of urea groups is 1. The molecule has 1 N–H and O–H groups in total. The minimum atomic E-state index is -1.08. The summed E-state index contributed by atoms with van der Waals surface area (Å²) < 4.78 is 0. The van der Waals surface area contributed by atoms with Crippen molar-refractivity contribution in [2.45, 2.75) is 12.1 Å². The number of aromatic nitrogens is 1. The Kier molecular flexibility index (Phi) is 2.76. The summed E-state index contributed by atoms with van der Waals surface area (Å²) in [6.45, 7) is 4.03. The van der Waals surface area contributed by atoms with Gasteiger partial charge in [-0.25, -0.2) is 14.6 Å². The Hall–Kier alpha value is -1.93. The number of fused-ring (bicyclic) bond motifs is 4. The molecule has 3 heterocycles. The smallest absolute Gasteiger partial charge is 0.345 e. The van der Waals surface area contributed by atoms with Crippen molar-refractivity contribution in [2.75, 3.05) is 13.2 Å². The number of rotatable bonds is 4. The zero-order valence-corrected chi connectivity index (χ0v) is 10.7. The number of thiazole rings is 1. The predicted octanol–water partition coefficient (Wildman–Crippen LogP) is 1.18. The Morgan fingerprint density at radius 2 is 2.53 bits per heavy atom. The number of amides is 2. The first kappa shape index (κ1) is 12.1. The molecule has 0 aromatic carbocycles. The summed E-state index contributed by atoms with van der Waals surface area (Å²) in [5, 5.41) is 10.5. The second kappa shape index (κ2) is 4.32. The fraction of sp³-hybridized carbons (Fsp3) is 0.364. The van der Waals surface area contributed by atoms with E-state index in [0.29, 0.717) is 12.2 Å². The molecule has 0 radical (unpaired) electrons. The summed E-state index contributed by atoms with van der Waals surface area (Å²) in [6.07, 6.45) is 1.53. The van der Waals surface area contributed by atoms with Crippen molar-refractivity contribution in [3.8, 4) is 0 Å². The van der Waals surface area contributed by atoms with Gasteiger partial charge in [0.05, 0.1) is 29.2 Å². The first-order valence-electron chi connectivity index (χ1n) is 5.65. The molecule has 1 fully saturated rings. The van der Waals surface area contributed by atoms with Crippen molar-refractivity contribution in [1.29, 1.82) is 0 Å². The van der Waals surface area contributed by atoms with Gasteiger partial charge >= 0.3 is 12.0 Å². The molecule has 2 aliphatic rings. The maximum absolute atomic E-state index is 12.2. The van der Waals surface area contributed by atoms with Crippen molar-refractivity contribution < 1.29 is 19.5 Å². The van der Waals surface area contributed by atoms with Crippen LogP contribution in [0.15, 0.2) is 18.2 Å². The average molecular weight is 281 g/mol. The molecule has 8 heteroatoms. The number of carbonyl (C=O) groups is 2. The molecule has 100 valence electrons. The highest BCUT2D eigenvalue weighted by Gasteiger charge is 2.52. The largest absolute Gasteiger partial charge is 0.479 e. The van der Waals surface area contributed by atoms with Gasteiger partial charge in [0.1, 0.15) is 6.04 Å². The Morgan fingerprint density at radius 3 is 3.21 bits per heavy atom. The summed E-state index contributed by atoms with van der Waals surface area (Å²) in [5.41, 5.74) is 2.03. The molecular weight excluding hydrogens is 270 g/mol. The molecule has 19 heavy (non-hydrogen) atoms. The van der Waals surface area contributed by atoms with E-state index in [9.17, 15) is 14.7 Å². The van der Waals surface area contributed by atoms with Gasteiger partial charge in [-0.05, 0) is 0 Å². The molecule has 1 aromatic heterocycles. The van der Waals surface area contributed by atoms with E-state index in [4.69, 9.17) is 4.84 Å². The van der Waals surface area contributed by atoms with Gasteiger partial charge < -0.3 is 10.0 Å². The van der Waals surface area contributed by atoms with Crippen molar-refractivity contribution in [2.24, 2.45) is 0 Å². The lowest BCUT2D eigenvalue weighted by Crippen LogP contribution is -2.38. The third-order valence-corrected chi connectivity index (χ3v) is 4.10. The maximum atomic E-state index is 12.2. The Bertz CT molecular complexity index is 558. The zero-order chi connectivity index (χ0) is 13.6. The first-order chi connectivity index (χ1) is 9.15. The van der Waals surface area contributed by atoms with Crippen LogP contribution in [0.4, 0.5) is 4.79 Å². The summed E-state index contributed by atoms with van der Waals surface area (Å²) in [4.78, 5) is 35.0. The quantitative estimate of drug-likeness (QED) is 0.838. The molecule has 1 saturated heterocycles. The van der Waals surface area contributed by atoms with Crippen molar-refractivity contribution in [3.05, 3.63) is 28.7 Å². The molecule has 0 spiro atoms. The van der Waals surface area contributed by atoms with Crippen LogP contribution in [0.1, 0.15) is 22.7 Å². The van der Waals surface area contributed by atoms with Gasteiger partial charge in [-0.15, -0.1) is 17.9 Å².